The fourth-order valence-electron chi connectivity index (χ4n) is 1.95. The number of aromatic nitrogens is 2. The Kier molecular flexibility index (Phi) is 4.40. The van der Waals surface area contributed by atoms with Crippen LogP contribution in [0.2, 0.25) is 0 Å². The molecule has 0 spiro atoms. The van der Waals surface area contributed by atoms with Gasteiger partial charge in [-0.25, -0.2) is 9.97 Å². The summed E-state index contributed by atoms with van der Waals surface area (Å²) in [5, 5.41) is 1.88. The van der Waals surface area contributed by atoms with Gasteiger partial charge in [0.05, 0.1) is 5.75 Å². The largest absolute Gasteiger partial charge is 0.348 e. The molecule has 2 aromatic heterocycles. The highest BCUT2D eigenvalue weighted by Gasteiger charge is 2.12. The Balaban J connectivity index is 1.92. The summed E-state index contributed by atoms with van der Waals surface area (Å²) in [5.41, 5.74) is 1.17. The first-order valence-corrected chi connectivity index (χ1v) is 8.58. The summed E-state index contributed by atoms with van der Waals surface area (Å²) in [7, 11) is 3.52. The molecule has 0 aliphatic rings. The smallest absolute Gasteiger partial charge is 0.232 e. The number of benzene rings is 1. The monoisotopic (exact) mass is 329 g/mol. The lowest BCUT2D eigenvalue weighted by atomic mass is 10.2. The second-order valence-corrected chi connectivity index (χ2v) is 6.95. The number of nitrogens with zero attached hydrogens (tertiary/aromatic N) is 3. The van der Waals surface area contributed by atoms with Crippen molar-refractivity contribution in [3.05, 3.63) is 42.7 Å². The van der Waals surface area contributed by atoms with E-state index in [4.69, 9.17) is 0 Å². The van der Waals surface area contributed by atoms with Crippen molar-refractivity contribution in [3.63, 3.8) is 0 Å². The third kappa shape index (κ3) is 3.13. The first-order valence-electron chi connectivity index (χ1n) is 6.78. The van der Waals surface area contributed by atoms with Gasteiger partial charge in [0, 0.05) is 24.4 Å². The molecular formula is C16H15N3OS2. The molecule has 112 valence electrons. The van der Waals surface area contributed by atoms with E-state index >= 15 is 0 Å². The van der Waals surface area contributed by atoms with Gasteiger partial charge in [-0.1, -0.05) is 42.1 Å². The van der Waals surface area contributed by atoms with Gasteiger partial charge in [-0.05, 0) is 11.6 Å². The van der Waals surface area contributed by atoms with E-state index in [2.05, 4.69) is 28.2 Å². The highest BCUT2D eigenvalue weighted by atomic mass is 32.2. The zero-order valence-electron chi connectivity index (χ0n) is 12.3. The van der Waals surface area contributed by atoms with E-state index in [0.29, 0.717) is 5.75 Å². The second-order valence-electron chi connectivity index (χ2n) is 4.95. The Bertz CT molecular complexity index is 800. The van der Waals surface area contributed by atoms with Crippen molar-refractivity contribution >= 4 is 39.2 Å². The SMILES string of the molecule is CN(C)C(=O)CSc1ncnc2sc(-c3ccccc3)cc12. The van der Waals surface area contributed by atoms with Crippen LogP contribution in [0.15, 0.2) is 47.8 Å². The molecule has 0 fully saturated rings. The number of thioether (sulfide) groups is 1. The fraction of sp³-hybridized carbons (Fsp3) is 0.188. The van der Waals surface area contributed by atoms with Crippen LogP contribution < -0.4 is 0 Å². The van der Waals surface area contributed by atoms with Crippen LogP contribution in [0.5, 0.6) is 0 Å². The number of carbonyl (C=O) groups excluding carboxylic acids is 1. The van der Waals surface area contributed by atoms with Gasteiger partial charge < -0.3 is 4.90 Å². The van der Waals surface area contributed by atoms with Crippen LogP contribution in [0.25, 0.3) is 20.7 Å². The van der Waals surface area contributed by atoms with Crippen LogP contribution in [0.3, 0.4) is 0 Å². The lowest BCUT2D eigenvalue weighted by molar-refractivity contribution is -0.125. The summed E-state index contributed by atoms with van der Waals surface area (Å²) in [6.45, 7) is 0. The van der Waals surface area contributed by atoms with E-state index in [1.807, 2.05) is 18.2 Å². The van der Waals surface area contributed by atoms with Crippen LogP contribution in [0.4, 0.5) is 0 Å². The van der Waals surface area contributed by atoms with Crippen LogP contribution in [0, 0.1) is 0 Å². The van der Waals surface area contributed by atoms with Crippen LogP contribution >= 0.6 is 23.1 Å². The van der Waals surface area contributed by atoms with Crippen LogP contribution in [-0.4, -0.2) is 40.6 Å². The molecule has 4 nitrogen and oxygen atoms in total. The summed E-state index contributed by atoms with van der Waals surface area (Å²) in [5.74, 6) is 0.464. The molecule has 1 amide bonds. The minimum atomic E-state index is 0.0790. The van der Waals surface area contributed by atoms with E-state index in [0.717, 1.165) is 20.1 Å². The number of hydrogen-bond acceptors (Lipinski definition) is 5. The summed E-state index contributed by atoms with van der Waals surface area (Å²) >= 11 is 3.10. The van der Waals surface area contributed by atoms with Crippen molar-refractivity contribution in [2.45, 2.75) is 5.03 Å². The normalized spacial score (nSPS) is 10.8. The van der Waals surface area contributed by atoms with Gasteiger partial charge in [0.15, 0.2) is 0 Å². The van der Waals surface area contributed by atoms with Crippen LogP contribution in [0.1, 0.15) is 0 Å². The molecule has 0 N–H and O–H groups in total. The lowest BCUT2D eigenvalue weighted by Crippen LogP contribution is -2.23. The first kappa shape index (κ1) is 15.0. The van der Waals surface area contributed by atoms with Gasteiger partial charge in [-0.2, -0.15) is 0 Å². The molecule has 0 aliphatic carbocycles. The average Bonchev–Trinajstić information content (AvgIpc) is 2.98. The topological polar surface area (TPSA) is 46.1 Å². The van der Waals surface area contributed by atoms with E-state index in [1.54, 1.807) is 36.7 Å². The highest BCUT2D eigenvalue weighted by Crippen LogP contribution is 2.35. The third-order valence-corrected chi connectivity index (χ3v) is 5.26. The van der Waals surface area contributed by atoms with Gasteiger partial charge in [-0.15, -0.1) is 11.3 Å². The zero-order valence-corrected chi connectivity index (χ0v) is 13.9. The number of hydrogen-bond donors (Lipinski definition) is 0. The molecule has 0 bridgehead atoms. The summed E-state index contributed by atoms with van der Waals surface area (Å²) < 4.78 is 0. The van der Waals surface area contributed by atoms with Crippen LogP contribution in [-0.2, 0) is 4.79 Å². The number of rotatable bonds is 4. The van der Waals surface area contributed by atoms with Gasteiger partial charge in [-0.3, -0.25) is 4.79 Å². The Morgan fingerprint density at radius 1 is 1.23 bits per heavy atom. The minimum absolute atomic E-state index is 0.0790. The fourth-order valence-corrected chi connectivity index (χ4v) is 3.97. The molecule has 0 saturated heterocycles. The molecule has 0 atom stereocenters. The molecule has 3 rings (SSSR count). The molecule has 2 heterocycles. The molecule has 22 heavy (non-hydrogen) atoms. The second kappa shape index (κ2) is 6.46. The molecule has 0 saturated carbocycles. The quantitative estimate of drug-likeness (QED) is 0.542. The number of fused-ring (bicyclic) bond motifs is 1. The maximum Gasteiger partial charge on any atom is 0.232 e. The molecule has 6 heteroatoms. The number of carbonyl (C=O) groups is 1. The van der Waals surface area contributed by atoms with E-state index in [-0.39, 0.29) is 5.91 Å². The van der Waals surface area contributed by atoms with Gasteiger partial charge in [0.2, 0.25) is 5.91 Å². The molecule has 0 radical (unpaired) electrons. The maximum absolute atomic E-state index is 11.7. The Labute approximate surface area is 137 Å². The summed E-state index contributed by atoms with van der Waals surface area (Å²) in [6.07, 6.45) is 1.57. The Morgan fingerprint density at radius 2 is 2.00 bits per heavy atom. The first-order chi connectivity index (χ1) is 10.6. The average molecular weight is 329 g/mol. The van der Waals surface area contributed by atoms with Crippen molar-refractivity contribution < 1.29 is 4.79 Å². The molecule has 0 unspecified atom stereocenters. The van der Waals surface area contributed by atoms with Gasteiger partial charge >= 0.3 is 0 Å². The van der Waals surface area contributed by atoms with Crippen molar-refractivity contribution in [3.8, 4) is 10.4 Å². The molecular weight excluding hydrogens is 314 g/mol. The predicted octanol–water partition coefficient (Wildman–Crippen LogP) is 3.54. The van der Waals surface area contributed by atoms with Gasteiger partial charge in [0.1, 0.15) is 16.2 Å². The summed E-state index contributed by atoms with van der Waals surface area (Å²) in [6, 6.07) is 12.3. The maximum atomic E-state index is 11.7. The Morgan fingerprint density at radius 3 is 2.73 bits per heavy atom. The van der Waals surface area contributed by atoms with Crippen molar-refractivity contribution in [2.24, 2.45) is 0 Å². The van der Waals surface area contributed by atoms with E-state index < -0.39 is 0 Å². The van der Waals surface area contributed by atoms with E-state index in [1.165, 1.54) is 17.3 Å². The molecule has 0 aliphatic heterocycles. The van der Waals surface area contributed by atoms with Crippen molar-refractivity contribution in [2.75, 3.05) is 19.8 Å². The number of thiophene rings is 1. The van der Waals surface area contributed by atoms with Crippen molar-refractivity contribution in [1.29, 1.82) is 0 Å². The number of amides is 1. The molecule has 3 aromatic rings. The summed E-state index contributed by atoms with van der Waals surface area (Å²) in [4.78, 5) is 24.1. The lowest BCUT2D eigenvalue weighted by Gasteiger charge is -2.09. The Hall–Kier alpha value is -1.92. The zero-order chi connectivity index (χ0) is 15.5. The van der Waals surface area contributed by atoms with Gasteiger partial charge in [0.25, 0.3) is 0 Å². The standard InChI is InChI=1S/C16H15N3OS2/c1-19(2)14(20)9-21-15-12-8-13(11-6-4-3-5-7-11)22-16(12)18-10-17-15/h3-8,10H,9H2,1-2H3. The van der Waals surface area contributed by atoms with Crippen molar-refractivity contribution in [1.82, 2.24) is 14.9 Å². The predicted molar refractivity (Wildman–Crippen MR) is 92.3 cm³/mol. The third-order valence-electron chi connectivity index (χ3n) is 3.18. The minimum Gasteiger partial charge on any atom is -0.348 e. The van der Waals surface area contributed by atoms with E-state index in [9.17, 15) is 4.79 Å². The highest BCUT2D eigenvalue weighted by molar-refractivity contribution is 8.00. The molecule has 1 aromatic carbocycles.